The van der Waals surface area contributed by atoms with Gasteiger partial charge >= 0.3 is 0 Å². The normalized spacial score (nSPS) is 10.5. The van der Waals surface area contributed by atoms with Gasteiger partial charge in [-0.25, -0.2) is 0 Å². The number of rotatable bonds is 5. The number of pyridine rings is 1. The van der Waals surface area contributed by atoms with Gasteiger partial charge in [0.05, 0.1) is 16.9 Å². The van der Waals surface area contributed by atoms with Crippen molar-refractivity contribution in [2.75, 3.05) is 20.3 Å². The van der Waals surface area contributed by atoms with Crippen LogP contribution in [-0.2, 0) is 4.74 Å². The summed E-state index contributed by atoms with van der Waals surface area (Å²) in [7, 11) is 1.49. The summed E-state index contributed by atoms with van der Waals surface area (Å²) in [6.45, 7) is 0.588. The number of nitro benzene ring substituents is 1. The fourth-order valence-corrected chi connectivity index (χ4v) is 1.85. The second-order valence-electron chi connectivity index (χ2n) is 4.27. The molecule has 0 saturated heterocycles. The number of aromatic amines is 1. The molecule has 8 nitrogen and oxygen atoms in total. The van der Waals surface area contributed by atoms with Crippen molar-refractivity contribution in [1.29, 1.82) is 0 Å². The number of nitro groups is 1. The first kappa shape index (κ1) is 14.7. The van der Waals surface area contributed by atoms with Crippen molar-refractivity contribution in [2.45, 2.75) is 0 Å². The lowest BCUT2D eigenvalue weighted by Gasteiger charge is -2.05. The van der Waals surface area contributed by atoms with Crippen molar-refractivity contribution < 1.29 is 14.5 Å². The second kappa shape index (κ2) is 6.14. The molecule has 0 spiro atoms. The molecule has 0 unspecified atom stereocenters. The smallest absolute Gasteiger partial charge is 0.270 e. The maximum absolute atomic E-state index is 12.2. The molecule has 0 radical (unpaired) electrons. The summed E-state index contributed by atoms with van der Waals surface area (Å²) in [6, 6.07) is 3.87. The molecule has 8 heteroatoms. The minimum atomic E-state index is -0.593. The Morgan fingerprint density at radius 2 is 2.24 bits per heavy atom. The van der Waals surface area contributed by atoms with E-state index in [9.17, 15) is 19.7 Å². The summed E-state index contributed by atoms with van der Waals surface area (Å²) in [4.78, 5) is 37.1. The molecule has 21 heavy (non-hydrogen) atoms. The van der Waals surface area contributed by atoms with Crippen LogP contribution in [0.4, 0.5) is 5.69 Å². The lowest BCUT2D eigenvalue weighted by Crippen LogP contribution is -2.31. The summed E-state index contributed by atoms with van der Waals surface area (Å²) in [6.07, 6.45) is 1.29. The maximum atomic E-state index is 12.2. The van der Waals surface area contributed by atoms with E-state index in [-0.39, 0.29) is 23.2 Å². The molecule has 2 N–H and O–H groups in total. The topological polar surface area (TPSA) is 114 Å². The summed E-state index contributed by atoms with van der Waals surface area (Å²) < 4.78 is 4.80. The molecule has 0 fully saturated rings. The predicted octanol–water partition coefficient (Wildman–Crippen LogP) is 0.812. The third kappa shape index (κ3) is 3.06. The van der Waals surface area contributed by atoms with E-state index in [0.717, 1.165) is 6.07 Å². The Morgan fingerprint density at radius 1 is 1.48 bits per heavy atom. The van der Waals surface area contributed by atoms with Crippen molar-refractivity contribution >= 4 is 22.5 Å². The SMILES string of the molecule is COCCNC(=O)c1c[nH]c2ccc([N+](=O)[O-])cc2c1=O. The molecule has 1 aromatic heterocycles. The molecule has 110 valence electrons. The molecule has 2 rings (SSSR count). The van der Waals surface area contributed by atoms with E-state index in [4.69, 9.17) is 4.74 Å². The van der Waals surface area contributed by atoms with Crippen molar-refractivity contribution in [2.24, 2.45) is 0 Å². The average Bonchev–Trinajstić information content (AvgIpc) is 2.47. The first-order valence-electron chi connectivity index (χ1n) is 6.11. The van der Waals surface area contributed by atoms with E-state index >= 15 is 0 Å². The molecular formula is C13H13N3O5. The predicted molar refractivity (Wildman–Crippen MR) is 75.4 cm³/mol. The fraction of sp³-hybridized carbons (Fsp3) is 0.231. The summed E-state index contributed by atoms with van der Waals surface area (Å²) in [5.41, 5.74) is -0.426. The van der Waals surface area contributed by atoms with Gasteiger partial charge in [-0.05, 0) is 6.07 Å². The van der Waals surface area contributed by atoms with Gasteiger partial charge in [-0.3, -0.25) is 19.7 Å². The number of hydrogen-bond donors (Lipinski definition) is 2. The first-order valence-corrected chi connectivity index (χ1v) is 6.11. The Hall–Kier alpha value is -2.74. The van der Waals surface area contributed by atoms with Crippen LogP contribution in [-0.4, -0.2) is 36.1 Å². The van der Waals surface area contributed by atoms with Crippen LogP contribution in [0.5, 0.6) is 0 Å². The van der Waals surface area contributed by atoms with Crippen LogP contribution in [0.1, 0.15) is 10.4 Å². The zero-order valence-corrected chi connectivity index (χ0v) is 11.2. The second-order valence-corrected chi connectivity index (χ2v) is 4.27. The van der Waals surface area contributed by atoms with Crippen LogP contribution >= 0.6 is 0 Å². The molecule has 1 aromatic carbocycles. The van der Waals surface area contributed by atoms with Gasteiger partial charge in [0, 0.05) is 37.5 Å². The Labute approximate surface area is 118 Å². The number of carbonyl (C=O) groups excluding carboxylic acids is 1. The molecule has 0 atom stereocenters. The number of amides is 1. The number of nitrogens with zero attached hydrogens (tertiary/aromatic N) is 1. The van der Waals surface area contributed by atoms with E-state index in [1.54, 1.807) is 0 Å². The van der Waals surface area contributed by atoms with Gasteiger partial charge in [-0.1, -0.05) is 0 Å². The summed E-state index contributed by atoms with van der Waals surface area (Å²) in [5, 5.41) is 13.4. The van der Waals surface area contributed by atoms with Gasteiger partial charge in [0.2, 0.25) is 5.43 Å². The van der Waals surface area contributed by atoms with Crippen LogP contribution < -0.4 is 10.7 Å². The van der Waals surface area contributed by atoms with Crippen LogP contribution in [0, 0.1) is 10.1 Å². The van der Waals surface area contributed by atoms with Crippen molar-refractivity contribution in [1.82, 2.24) is 10.3 Å². The Kier molecular flexibility index (Phi) is 4.29. The van der Waals surface area contributed by atoms with E-state index < -0.39 is 16.3 Å². The molecule has 0 saturated carbocycles. The number of methoxy groups -OCH3 is 1. The average molecular weight is 291 g/mol. The van der Waals surface area contributed by atoms with Gasteiger partial charge in [0.25, 0.3) is 11.6 Å². The Morgan fingerprint density at radius 3 is 2.90 bits per heavy atom. The van der Waals surface area contributed by atoms with E-state index in [0.29, 0.717) is 12.1 Å². The molecule has 0 bridgehead atoms. The minimum absolute atomic E-state index is 0.0981. The quantitative estimate of drug-likeness (QED) is 0.480. The fourth-order valence-electron chi connectivity index (χ4n) is 1.85. The summed E-state index contributed by atoms with van der Waals surface area (Å²) >= 11 is 0. The van der Waals surface area contributed by atoms with Crippen molar-refractivity contribution in [3.05, 3.63) is 50.3 Å². The molecule has 1 heterocycles. The van der Waals surface area contributed by atoms with Gasteiger partial charge in [0.15, 0.2) is 0 Å². The number of hydrogen-bond acceptors (Lipinski definition) is 5. The molecule has 0 aliphatic heterocycles. The van der Waals surface area contributed by atoms with Gasteiger partial charge < -0.3 is 15.0 Å². The first-order chi connectivity index (χ1) is 10.0. The maximum Gasteiger partial charge on any atom is 0.270 e. The molecule has 2 aromatic rings. The highest BCUT2D eigenvalue weighted by Crippen LogP contribution is 2.16. The van der Waals surface area contributed by atoms with E-state index in [1.807, 2.05) is 0 Å². The number of non-ortho nitro benzene ring substituents is 1. The number of nitrogens with one attached hydrogen (secondary N) is 2. The third-order valence-corrected chi connectivity index (χ3v) is 2.91. The van der Waals surface area contributed by atoms with E-state index in [2.05, 4.69) is 10.3 Å². The van der Waals surface area contributed by atoms with Crippen molar-refractivity contribution in [3.8, 4) is 0 Å². The highest BCUT2D eigenvalue weighted by Gasteiger charge is 2.15. The zero-order valence-electron chi connectivity index (χ0n) is 11.2. The van der Waals surface area contributed by atoms with Gasteiger partial charge in [-0.2, -0.15) is 0 Å². The zero-order chi connectivity index (χ0) is 15.4. The van der Waals surface area contributed by atoms with Gasteiger partial charge in [-0.15, -0.1) is 0 Å². The largest absolute Gasteiger partial charge is 0.383 e. The van der Waals surface area contributed by atoms with Crippen LogP contribution in [0.3, 0.4) is 0 Å². The monoisotopic (exact) mass is 291 g/mol. The summed E-state index contributed by atoms with van der Waals surface area (Å²) in [5.74, 6) is -0.554. The highest BCUT2D eigenvalue weighted by atomic mass is 16.6. The number of carbonyl (C=O) groups is 1. The van der Waals surface area contributed by atoms with Crippen LogP contribution in [0.25, 0.3) is 10.9 Å². The highest BCUT2D eigenvalue weighted by molar-refractivity contribution is 5.97. The lowest BCUT2D eigenvalue weighted by molar-refractivity contribution is -0.384. The Balaban J connectivity index is 2.42. The van der Waals surface area contributed by atoms with E-state index in [1.165, 1.54) is 25.4 Å². The lowest BCUT2D eigenvalue weighted by atomic mass is 10.1. The number of H-pyrrole nitrogens is 1. The minimum Gasteiger partial charge on any atom is -0.383 e. The Bertz CT molecular complexity index is 753. The molecular weight excluding hydrogens is 278 g/mol. The molecule has 0 aliphatic carbocycles. The number of benzene rings is 1. The standard InChI is InChI=1S/C13H13N3O5/c1-21-5-4-14-13(18)10-7-15-11-3-2-8(16(19)20)6-9(11)12(10)17/h2-3,6-7H,4-5H2,1H3,(H,14,18)(H,15,17). The van der Waals surface area contributed by atoms with Gasteiger partial charge in [0.1, 0.15) is 5.56 Å². The molecule has 0 aliphatic rings. The number of aromatic nitrogens is 1. The van der Waals surface area contributed by atoms with Crippen molar-refractivity contribution in [3.63, 3.8) is 0 Å². The van der Waals surface area contributed by atoms with Crippen LogP contribution in [0.15, 0.2) is 29.2 Å². The number of fused-ring (bicyclic) bond motifs is 1. The number of ether oxygens (including phenoxy) is 1. The van der Waals surface area contributed by atoms with Crippen LogP contribution in [0.2, 0.25) is 0 Å². The molecule has 1 amide bonds. The third-order valence-electron chi connectivity index (χ3n) is 2.91.